The predicted octanol–water partition coefficient (Wildman–Crippen LogP) is 5.10. The average Bonchev–Trinajstić information content (AvgIpc) is 2.93. The number of benzene rings is 3. The molecule has 3 aromatic carbocycles. The van der Waals surface area contributed by atoms with Crippen LogP contribution in [0.15, 0.2) is 60.7 Å². The van der Waals surface area contributed by atoms with E-state index in [0.717, 1.165) is 18.6 Å². The number of methoxy groups -OCH3 is 1. The van der Waals surface area contributed by atoms with Crippen molar-refractivity contribution in [3.05, 3.63) is 77.4 Å². The molecule has 4 rings (SSSR count). The highest BCUT2D eigenvalue weighted by Gasteiger charge is 2.39. The Kier molecular flexibility index (Phi) is 2.97. The minimum atomic E-state index is 0.0167. The smallest absolute Gasteiger partial charge is 0.123 e. The molecule has 0 saturated carbocycles. The molecule has 3 aromatic rings. The SMILES string of the molecule is COc1cccc2c1C(C)(c1cccc3ccccc13)CC2. The van der Waals surface area contributed by atoms with E-state index >= 15 is 0 Å². The van der Waals surface area contributed by atoms with Gasteiger partial charge in [-0.2, -0.15) is 0 Å². The molecule has 0 spiro atoms. The van der Waals surface area contributed by atoms with Crippen molar-refractivity contribution < 1.29 is 4.74 Å². The van der Waals surface area contributed by atoms with Crippen molar-refractivity contribution in [3.63, 3.8) is 0 Å². The lowest BCUT2D eigenvalue weighted by molar-refractivity contribution is 0.400. The molecule has 0 aliphatic heterocycles. The second-order valence-electron chi connectivity index (χ2n) is 6.35. The Morgan fingerprint density at radius 3 is 2.55 bits per heavy atom. The summed E-state index contributed by atoms with van der Waals surface area (Å²) in [5.41, 5.74) is 4.22. The van der Waals surface area contributed by atoms with Crippen LogP contribution in [-0.4, -0.2) is 7.11 Å². The Morgan fingerprint density at radius 2 is 1.68 bits per heavy atom. The van der Waals surface area contributed by atoms with Gasteiger partial charge in [-0.3, -0.25) is 0 Å². The molecule has 0 N–H and O–H groups in total. The van der Waals surface area contributed by atoms with Crippen molar-refractivity contribution in [3.8, 4) is 5.75 Å². The third-order valence-corrected chi connectivity index (χ3v) is 5.16. The van der Waals surface area contributed by atoms with Crippen LogP contribution in [0.25, 0.3) is 10.8 Å². The maximum atomic E-state index is 5.69. The molecular formula is C21H20O. The maximum Gasteiger partial charge on any atom is 0.123 e. The first-order valence-corrected chi connectivity index (χ1v) is 7.88. The number of hydrogen-bond donors (Lipinski definition) is 0. The van der Waals surface area contributed by atoms with Crippen molar-refractivity contribution in [2.24, 2.45) is 0 Å². The molecule has 0 fully saturated rings. The summed E-state index contributed by atoms with van der Waals surface area (Å²) < 4.78 is 5.69. The number of hydrogen-bond acceptors (Lipinski definition) is 1. The zero-order chi connectivity index (χ0) is 15.2. The molecule has 1 nitrogen and oxygen atoms in total. The van der Waals surface area contributed by atoms with Crippen LogP contribution in [0.1, 0.15) is 30.0 Å². The van der Waals surface area contributed by atoms with E-state index < -0.39 is 0 Å². The lowest BCUT2D eigenvalue weighted by Crippen LogP contribution is -2.21. The van der Waals surface area contributed by atoms with Gasteiger partial charge in [0.25, 0.3) is 0 Å². The molecule has 0 radical (unpaired) electrons. The van der Waals surface area contributed by atoms with Crippen molar-refractivity contribution in [2.75, 3.05) is 7.11 Å². The first-order valence-electron chi connectivity index (χ1n) is 7.88. The van der Waals surface area contributed by atoms with E-state index in [4.69, 9.17) is 4.74 Å². The van der Waals surface area contributed by atoms with Gasteiger partial charge in [-0.1, -0.05) is 61.5 Å². The molecular weight excluding hydrogens is 268 g/mol. The minimum absolute atomic E-state index is 0.0167. The van der Waals surface area contributed by atoms with Gasteiger partial charge in [0.1, 0.15) is 5.75 Å². The van der Waals surface area contributed by atoms with Crippen LogP contribution in [0, 0.1) is 0 Å². The highest BCUT2D eigenvalue weighted by molar-refractivity contribution is 5.87. The summed E-state index contributed by atoms with van der Waals surface area (Å²) >= 11 is 0. The van der Waals surface area contributed by atoms with Gasteiger partial charge in [0.2, 0.25) is 0 Å². The van der Waals surface area contributed by atoms with E-state index in [1.54, 1.807) is 7.11 Å². The Hall–Kier alpha value is -2.28. The van der Waals surface area contributed by atoms with E-state index in [-0.39, 0.29) is 5.41 Å². The van der Waals surface area contributed by atoms with Gasteiger partial charge in [-0.05, 0) is 40.8 Å². The van der Waals surface area contributed by atoms with E-state index in [2.05, 4.69) is 67.6 Å². The lowest BCUT2D eigenvalue weighted by Gasteiger charge is -2.29. The molecule has 0 aromatic heterocycles. The summed E-state index contributed by atoms with van der Waals surface area (Å²) in [6.07, 6.45) is 2.25. The summed E-state index contributed by atoms with van der Waals surface area (Å²) in [5, 5.41) is 2.66. The fourth-order valence-corrected chi connectivity index (χ4v) is 4.07. The molecule has 0 saturated heterocycles. The van der Waals surface area contributed by atoms with E-state index in [1.165, 1.54) is 27.5 Å². The minimum Gasteiger partial charge on any atom is -0.496 e. The molecule has 110 valence electrons. The standard InChI is InChI=1S/C21H20O/c1-21(14-13-16-9-6-12-19(22-2)20(16)21)18-11-5-8-15-7-3-4-10-17(15)18/h3-12H,13-14H2,1-2H3. The fourth-order valence-electron chi connectivity index (χ4n) is 4.07. The number of rotatable bonds is 2. The molecule has 1 atom stereocenters. The van der Waals surface area contributed by atoms with Crippen molar-refractivity contribution in [2.45, 2.75) is 25.2 Å². The molecule has 1 aliphatic carbocycles. The highest BCUT2D eigenvalue weighted by atomic mass is 16.5. The van der Waals surface area contributed by atoms with E-state index in [0.29, 0.717) is 0 Å². The van der Waals surface area contributed by atoms with Gasteiger partial charge in [0.05, 0.1) is 7.11 Å². The molecule has 1 heteroatoms. The van der Waals surface area contributed by atoms with Gasteiger partial charge in [0, 0.05) is 11.0 Å². The fraction of sp³-hybridized carbons (Fsp3) is 0.238. The molecule has 0 heterocycles. The second-order valence-corrected chi connectivity index (χ2v) is 6.35. The average molecular weight is 288 g/mol. The van der Waals surface area contributed by atoms with Crippen LogP contribution >= 0.6 is 0 Å². The number of aryl methyl sites for hydroxylation is 1. The topological polar surface area (TPSA) is 9.23 Å². The van der Waals surface area contributed by atoms with Crippen LogP contribution in [-0.2, 0) is 11.8 Å². The first-order chi connectivity index (χ1) is 10.7. The Bertz CT molecular complexity index is 844. The van der Waals surface area contributed by atoms with E-state index in [9.17, 15) is 0 Å². The zero-order valence-corrected chi connectivity index (χ0v) is 13.1. The zero-order valence-electron chi connectivity index (χ0n) is 13.1. The van der Waals surface area contributed by atoms with Gasteiger partial charge >= 0.3 is 0 Å². The molecule has 1 unspecified atom stereocenters. The second kappa shape index (κ2) is 4.88. The quantitative estimate of drug-likeness (QED) is 0.637. The van der Waals surface area contributed by atoms with Gasteiger partial charge < -0.3 is 4.74 Å². The largest absolute Gasteiger partial charge is 0.496 e. The van der Waals surface area contributed by atoms with Gasteiger partial charge in [-0.25, -0.2) is 0 Å². The number of fused-ring (bicyclic) bond motifs is 2. The van der Waals surface area contributed by atoms with Crippen LogP contribution < -0.4 is 4.74 Å². The molecule has 1 aliphatic rings. The van der Waals surface area contributed by atoms with Gasteiger partial charge in [0.15, 0.2) is 0 Å². The van der Waals surface area contributed by atoms with Crippen molar-refractivity contribution in [1.82, 2.24) is 0 Å². The molecule has 22 heavy (non-hydrogen) atoms. The monoisotopic (exact) mass is 288 g/mol. The Labute approximate surface area is 131 Å². The first kappa shape index (κ1) is 13.4. The van der Waals surface area contributed by atoms with Gasteiger partial charge in [-0.15, -0.1) is 0 Å². The van der Waals surface area contributed by atoms with Crippen LogP contribution in [0.2, 0.25) is 0 Å². The third-order valence-electron chi connectivity index (χ3n) is 5.16. The number of ether oxygens (including phenoxy) is 1. The van der Waals surface area contributed by atoms with Crippen molar-refractivity contribution >= 4 is 10.8 Å². The maximum absolute atomic E-state index is 5.69. The van der Waals surface area contributed by atoms with Crippen LogP contribution in [0.3, 0.4) is 0 Å². The summed E-state index contributed by atoms with van der Waals surface area (Å²) in [5.74, 6) is 1.02. The third kappa shape index (κ3) is 1.78. The Balaban J connectivity index is 2.01. The summed E-state index contributed by atoms with van der Waals surface area (Å²) in [6.45, 7) is 2.36. The molecule has 0 amide bonds. The normalized spacial score (nSPS) is 20.1. The lowest BCUT2D eigenvalue weighted by atomic mass is 9.75. The summed E-state index contributed by atoms with van der Waals surface area (Å²) in [7, 11) is 1.78. The van der Waals surface area contributed by atoms with E-state index in [1.807, 2.05) is 0 Å². The summed E-state index contributed by atoms with van der Waals surface area (Å²) in [4.78, 5) is 0. The van der Waals surface area contributed by atoms with Crippen LogP contribution in [0.5, 0.6) is 5.75 Å². The Morgan fingerprint density at radius 1 is 0.909 bits per heavy atom. The predicted molar refractivity (Wildman–Crippen MR) is 91.7 cm³/mol. The van der Waals surface area contributed by atoms with Crippen molar-refractivity contribution in [1.29, 1.82) is 0 Å². The highest BCUT2D eigenvalue weighted by Crippen LogP contribution is 2.49. The molecule has 0 bridgehead atoms. The van der Waals surface area contributed by atoms with Crippen LogP contribution in [0.4, 0.5) is 0 Å². The summed E-state index contributed by atoms with van der Waals surface area (Å²) in [6, 6.07) is 21.8.